The van der Waals surface area contributed by atoms with Gasteiger partial charge in [0.1, 0.15) is 5.82 Å². The Kier molecular flexibility index (Phi) is 16.2. The molecule has 0 bridgehead atoms. The van der Waals surface area contributed by atoms with Crippen molar-refractivity contribution in [2.75, 3.05) is 101 Å². The van der Waals surface area contributed by atoms with Gasteiger partial charge in [0, 0.05) is 70.3 Å². The molecule has 0 aliphatic carbocycles. The van der Waals surface area contributed by atoms with E-state index in [1.54, 1.807) is 0 Å². The zero-order chi connectivity index (χ0) is 33.8. The van der Waals surface area contributed by atoms with Gasteiger partial charge in [-0.2, -0.15) is 0 Å². The van der Waals surface area contributed by atoms with E-state index in [-0.39, 0.29) is 0 Å². The number of nitrogens with zero attached hydrogens (tertiary/aromatic N) is 7. The zero-order valence-electron chi connectivity index (χ0n) is 29.8. The van der Waals surface area contributed by atoms with Crippen molar-refractivity contribution in [3.05, 3.63) is 115 Å². The van der Waals surface area contributed by atoms with Crippen molar-refractivity contribution in [1.82, 2.24) is 19.8 Å². The third-order valence-corrected chi connectivity index (χ3v) is 8.55. The molecule has 0 N–H and O–H groups in total. The van der Waals surface area contributed by atoms with Crippen molar-refractivity contribution in [3.63, 3.8) is 0 Å². The lowest BCUT2D eigenvalue weighted by Crippen LogP contribution is -2.44. The fourth-order valence-corrected chi connectivity index (χ4v) is 5.78. The van der Waals surface area contributed by atoms with Crippen LogP contribution in [0, 0.1) is 6.92 Å². The summed E-state index contributed by atoms with van der Waals surface area (Å²) in [4.78, 5) is 20.2. The van der Waals surface area contributed by atoms with Crippen LogP contribution in [0.5, 0.6) is 0 Å². The number of piperazine rings is 1. The van der Waals surface area contributed by atoms with Crippen LogP contribution in [-0.2, 0) is 11.3 Å². The first kappa shape index (κ1) is 36.8. The summed E-state index contributed by atoms with van der Waals surface area (Å²) in [6.45, 7) is 13.5. The molecule has 258 valence electrons. The van der Waals surface area contributed by atoms with Crippen molar-refractivity contribution in [2.45, 2.75) is 32.7 Å². The number of aryl methyl sites for hydroxylation is 1. The Labute approximate surface area is 290 Å². The van der Waals surface area contributed by atoms with E-state index in [0.717, 1.165) is 70.5 Å². The van der Waals surface area contributed by atoms with Crippen LogP contribution in [0.3, 0.4) is 0 Å². The van der Waals surface area contributed by atoms with Crippen LogP contribution in [0.25, 0.3) is 0 Å². The number of ether oxygens (including phenoxy) is 1. The molecule has 0 amide bonds. The number of benzene rings is 3. The van der Waals surface area contributed by atoms with E-state index in [1.807, 2.05) is 31.5 Å². The smallest absolute Gasteiger partial charge is 0.147 e. The quantitative estimate of drug-likeness (QED) is 0.243. The average Bonchev–Trinajstić information content (AvgIpc) is 3.15. The zero-order valence-corrected chi connectivity index (χ0v) is 29.8. The summed E-state index contributed by atoms with van der Waals surface area (Å²) in [6, 6.07) is 31.6. The third kappa shape index (κ3) is 13.6. The first-order valence-electron chi connectivity index (χ1n) is 17.6. The average molecular weight is 652 g/mol. The molecule has 0 atom stereocenters. The van der Waals surface area contributed by atoms with Gasteiger partial charge in [0.15, 0.2) is 0 Å². The molecular formula is C40H57N7O. The fraction of sp³-hybridized carbons (Fsp3) is 0.450. The number of likely N-dealkylation sites (N-methyl/N-ethyl adjacent to an activating group) is 1. The van der Waals surface area contributed by atoms with Crippen molar-refractivity contribution in [1.29, 1.82) is 0 Å². The van der Waals surface area contributed by atoms with Crippen LogP contribution < -0.4 is 14.7 Å². The second-order valence-corrected chi connectivity index (χ2v) is 12.8. The second kappa shape index (κ2) is 21.1. The molecule has 3 aliphatic rings. The first-order chi connectivity index (χ1) is 23.5. The molecule has 0 radical (unpaired) electrons. The van der Waals surface area contributed by atoms with Gasteiger partial charge in [-0.15, -0.1) is 0 Å². The molecule has 8 heteroatoms. The van der Waals surface area contributed by atoms with E-state index in [1.165, 1.54) is 49.3 Å². The van der Waals surface area contributed by atoms with Crippen LogP contribution in [0.2, 0.25) is 0 Å². The number of hydrogen-bond acceptors (Lipinski definition) is 8. The number of aromatic nitrogens is 2. The van der Waals surface area contributed by atoms with Crippen molar-refractivity contribution >= 4 is 17.2 Å². The summed E-state index contributed by atoms with van der Waals surface area (Å²) in [5.74, 6) is 1.00. The molecule has 7 rings (SSSR count). The monoisotopic (exact) mass is 651 g/mol. The molecule has 0 unspecified atom stereocenters. The van der Waals surface area contributed by atoms with Crippen LogP contribution in [0.1, 0.15) is 30.5 Å². The lowest BCUT2D eigenvalue weighted by atomic mass is 10.1. The van der Waals surface area contributed by atoms with Gasteiger partial charge >= 0.3 is 0 Å². The van der Waals surface area contributed by atoms with Crippen LogP contribution >= 0.6 is 0 Å². The normalized spacial score (nSPS) is 16.5. The molecule has 4 heterocycles. The second-order valence-electron chi connectivity index (χ2n) is 12.8. The van der Waals surface area contributed by atoms with Gasteiger partial charge in [-0.3, -0.25) is 4.98 Å². The molecule has 0 spiro atoms. The van der Waals surface area contributed by atoms with E-state index < -0.39 is 0 Å². The van der Waals surface area contributed by atoms with Crippen molar-refractivity contribution < 1.29 is 4.74 Å². The maximum atomic E-state index is 5.28. The predicted octanol–water partition coefficient (Wildman–Crippen LogP) is 6.49. The van der Waals surface area contributed by atoms with Gasteiger partial charge in [0.2, 0.25) is 0 Å². The molecule has 3 fully saturated rings. The van der Waals surface area contributed by atoms with Gasteiger partial charge in [0.05, 0.1) is 31.3 Å². The number of anilines is 3. The van der Waals surface area contributed by atoms with Gasteiger partial charge in [-0.25, -0.2) is 4.98 Å². The summed E-state index contributed by atoms with van der Waals surface area (Å²) >= 11 is 0. The van der Waals surface area contributed by atoms with Crippen LogP contribution in [-0.4, -0.2) is 106 Å². The minimum atomic E-state index is 0.856. The van der Waals surface area contributed by atoms with E-state index >= 15 is 0 Å². The molecule has 3 saturated heterocycles. The SMILES string of the molecule is CN(C)Cc1ccccc1.Cc1cnc(N2CCN(C)CC2)cn1.c1ccc(N2CCCCC2)cc1.c1ccc(N2CCOCC2)cc1. The number of morpholine rings is 1. The van der Waals surface area contributed by atoms with Gasteiger partial charge in [-0.05, 0) is 77.2 Å². The molecule has 0 saturated carbocycles. The fourth-order valence-electron chi connectivity index (χ4n) is 5.78. The number of hydrogen-bond donors (Lipinski definition) is 0. The van der Waals surface area contributed by atoms with Crippen molar-refractivity contribution in [3.8, 4) is 0 Å². The number of piperidine rings is 1. The molecule has 4 aromatic rings. The highest BCUT2D eigenvalue weighted by Gasteiger charge is 2.15. The number of rotatable bonds is 5. The van der Waals surface area contributed by atoms with E-state index in [0.29, 0.717) is 0 Å². The molecule has 1 aromatic heterocycles. The summed E-state index contributed by atoms with van der Waals surface area (Å²) in [6.07, 6.45) is 7.81. The summed E-state index contributed by atoms with van der Waals surface area (Å²) < 4.78 is 5.28. The molecule has 48 heavy (non-hydrogen) atoms. The summed E-state index contributed by atoms with van der Waals surface area (Å²) in [5.41, 5.74) is 5.04. The molecule has 3 aromatic carbocycles. The lowest BCUT2D eigenvalue weighted by Gasteiger charge is -2.32. The Bertz CT molecular complexity index is 1300. The third-order valence-electron chi connectivity index (χ3n) is 8.55. The van der Waals surface area contributed by atoms with E-state index in [9.17, 15) is 0 Å². The van der Waals surface area contributed by atoms with Gasteiger partial charge in [-0.1, -0.05) is 66.7 Å². The van der Waals surface area contributed by atoms with E-state index in [2.05, 4.69) is 134 Å². The van der Waals surface area contributed by atoms with Gasteiger partial charge < -0.3 is 29.2 Å². The van der Waals surface area contributed by atoms with Crippen LogP contribution in [0.4, 0.5) is 17.2 Å². The Morgan fingerprint density at radius 2 is 1.10 bits per heavy atom. The highest BCUT2D eigenvalue weighted by atomic mass is 16.5. The molecule has 3 aliphatic heterocycles. The Hall–Kier alpha value is -3.98. The largest absolute Gasteiger partial charge is 0.378 e. The molecule has 8 nitrogen and oxygen atoms in total. The minimum absolute atomic E-state index is 0.856. The maximum Gasteiger partial charge on any atom is 0.147 e. The highest BCUT2D eigenvalue weighted by Crippen LogP contribution is 2.18. The van der Waals surface area contributed by atoms with Crippen LogP contribution in [0.15, 0.2) is 103 Å². The molecular weight excluding hydrogens is 594 g/mol. The Morgan fingerprint density at radius 3 is 1.60 bits per heavy atom. The predicted molar refractivity (Wildman–Crippen MR) is 202 cm³/mol. The van der Waals surface area contributed by atoms with Crippen molar-refractivity contribution in [2.24, 2.45) is 0 Å². The summed E-state index contributed by atoms with van der Waals surface area (Å²) in [7, 11) is 6.30. The maximum absolute atomic E-state index is 5.28. The van der Waals surface area contributed by atoms with E-state index in [4.69, 9.17) is 4.74 Å². The minimum Gasteiger partial charge on any atom is -0.378 e. The standard InChI is InChI=1S/C11H15N.C10H16N4.C10H13NO.C9H13N/c1-3-7-11(8-4-1)12-9-5-2-6-10-12;1-9-7-12-10(8-11-9)14-5-3-13(2)4-6-14;1-2-4-10(5-3-1)11-6-8-12-9-7-11;1-10(2)8-9-6-4-3-5-7-9/h1,3-4,7-8H,2,5-6,9-10H2;7-8H,3-6H2,1-2H3;1-5H,6-9H2;3-7H,8H2,1-2H3. The Balaban J connectivity index is 0.000000146. The van der Waals surface area contributed by atoms with Gasteiger partial charge in [0.25, 0.3) is 0 Å². The lowest BCUT2D eigenvalue weighted by molar-refractivity contribution is 0.122. The highest BCUT2D eigenvalue weighted by molar-refractivity contribution is 5.46. The topological polar surface area (TPSA) is 51.2 Å². The number of para-hydroxylation sites is 2. The summed E-state index contributed by atoms with van der Waals surface area (Å²) in [5, 5.41) is 0. The first-order valence-corrected chi connectivity index (χ1v) is 17.6. The Morgan fingerprint density at radius 1 is 0.583 bits per heavy atom.